The van der Waals surface area contributed by atoms with Crippen LogP contribution < -0.4 is 0 Å². The molecule has 32 heavy (non-hydrogen) atoms. The first-order valence-electron chi connectivity index (χ1n) is 9.33. The standard InChI is InChI=1S/C22H19F3N2O4S/c1-13-9-20(22(29)27(2)12-28)26-11-18(13)21(17-10-15(24)5-8-19(17)25)32(30,31)16-6-3-14(23)4-7-16/h3-11,21,28H,12H2,1-2H3. The van der Waals surface area contributed by atoms with Crippen molar-refractivity contribution in [1.29, 1.82) is 0 Å². The number of carbonyl (C=O) groups is 1. The number of carbonyl (C=O) groups excluding carboxylic acids is 1. The number of sulfone groups is 1. The number of hydrogen-bond donors (Lipinski definition) is 1. The van der Waals surface area contributed by atoms with Crippen LogP contribution in [0.4, 0.5) is 13.2 Å². The van der Waals surface area contributed by atoms with Crippen LogP contribution in [0.25, 0.3) is 0 Å². The number of nitrogens with zero attached hydrogens (tertiary/aromatic N) is 2. The van der Waals surface area contributed by atoms with Gasteiger partial charge < -0.3 is 10.0 Å². The molecule has 3 rings (SSSR count). The molecule has 1 aromatic heterocycles. The summed E-state index contributed by atoms with van der Waals surface area (Å²) in [6, 6.07) is 7.71. The first-order valence-corrected chi connectivity index (χ1v) is 10.9. The summed E-state index contributed by atoms with van der Waals surface area (Å²) in [5, 5.41) is 7.42. The number of halogens is 3. The van der Waals surface area contributed by atoms with Gasteiger partial charge in [0.2, 0.25) is 0 Å². The predicted octanol–water partition coefficient (Wildman–Crippen LogP) is 3.39. The second-order valence-corrected chi connectivity index (χ2v) is 9.15. The van der Waals surface area contributed by atoms with E-state index in [-0.39, 0.29) is 21.7 Å². The monoisotopic (exact) mass is 464 g/mol. The largest absolute Gasteiger partial charge is 0.376 e. The van der Waals surface area contributed by atoms with Crippen LogP contribution in [-0.2, 0) is 9.84 Å². The van der Waals surface area contributed by atoms with Gasteiger partial charge in [0, 0.05) is 18.8 Å². The van der Waals surface area contributed by atoms with E-state index in [2.05, 4.69) is 4.98 Å². The lowest BCUT2D eigenvalue weighted by Crippen LogP contribution is -2.28. The number of aryl methyl sites for hydroxylation is 1. The van der Waals surface area contributed by atoms with Crippen LogP contribution >= 0.6 is 0 Å². The molecule has 0 aliphatic heterocycles. The summed E-state index contributed by atoms with van der Waals surface area (Å²) in [5.41, 5.74) is -0.234. The van der Waals surface area contributed by atoms with Crippen molar-refractivity contribution in [2.45, 2.75) is 17.1 Å². The molecule has 0 fully saturated rings. The Morgan fingerprint density at radius 1 is 1.03 bits per heavy atom. The molecule has 0 bridgehead atoms. The van der Waals surface area contributed by atoms with Gasteiger partial charge >= 0.3 is 0 Å². The van der Waals surface area contributed by atoms with E-state index in [4.69, 9.17) is 5.11 Å². The molecule has 10 heteroatoms. The third-order valence-electron chi connectivity index (χ3n) is 4.90. The Morgan fingerprint density at radius 2 is 1.66 bits per heavy atom. The summed E-state index contributed by atoms with van der Waals surface area (Å²) in [5.74, 6) is -3.08. The number of pyridine rings is 1. The summed E-state index contributed by atoms with van der Waals surface area (Å²) >= 11 is 0. The highest BCUT2D eigenvalue weighted by Gasteiger charge is 2.35. The Morgan fingerprint density at radius 3 is 2.25 bits per heavy atom. The van der Waals surface area contributed by atoms with Crippen molar-refractivity contribution in [3.63, 3.8) is 0 Å². The first-order chi connectivity index (χ1) is 15.1. The van der Waals surface area contributed by atoms with Gasteiger partial charge in [-0.2, -0.15) is 0 Å². The first kappa shape index (κ1) is 23.4. The fourth-order valence-electron chi connectivity index (χ4n) is 3.20. The molecule has 2 aromatic carbocycles. The minimum Gasteiger partial charge on any atom is -0.376 e. The number of benzene rings is 2. The van der Waals surface area contributed by atoms with E-state index in [0.717, 1.165) is 53.6 Å². The molecule has 0 spiro atoms. The van der Waals surface area contributed by atoms with Crippen molar-refractivity contribution in [2.75, 3.05) is 13.8 Å². The zero-order valence-electron chi connectivity index (χ0n) is 17.1. The molecule has 0 saturated carbocycles. The van der Waals surface area contributed by atoms with E-state index in [1.807, 2.05) is 0 Å². The summed E-state index contributed by atoms with van der Waals surface area (Å²) in [6.45, 7) is 0.939. The number of rotatable bonds is 6. The summed E-state index contributed by atoms with van der Waals surface area (Å²) in [4.78, 5) is 16.9. The van der Waals surface area contributed by atoms with Crippen molar-refractivity contribution in [2.24, 2.45) is 0 Å². The average molecular weight is 464 g/mol. The lowest BCUT2D eigenvalue weighted by molar-refractivity contribution is 0.0623. The predicted molar refractivity (Wildman–Crippen MR) is 110 cm³/mol. The van der Waals surface area contributed by atoms with Gasteiger partial charge in [-0.1, -0.05) is 0 Å². The summed E-state index contributed by atoms with van der Waals surface area (Å²) in [6.07, 6.45) is 1.10. The molecule has 0 aliphatic rings. The van der Waals surface area contributed by atoms with E-state index >= 15 is 0 Å². The van der Waals surface area contributed by atoms with Crippen LogP contribution in [0, 0.1) is 24.4 Å². The van der Waals surface area contributed by atoms with Crippen LogP contribution in [0.15, 0.2) is 59.6 Å². The van der Waals surface area contributed by atoms with Crippen LogP contribution in [0.2, 0.25) is 0 Å². The molecule has 168 valence electrons. The fraction of sp³-hybridized carbons (Fsp3) is 0.182. The quantitative estimate of drug-likeness (QED) is 0.446. The Labute approximate surface area is 182 Å². The van der Waals surface area contributed by atoms with E-state index in [1.165, 1.54) is 20.0 Å². The van der Waals surface area contributed by atoms with Crippen molar-refractivity contribution in [3.8, 4) is 0 Å². The molecule has 3 aromatic rings. The molecule has 1 amide bonds. The van der Waals surface area contributed by atoms with Crippen LogP contribution in [0.5, 0.6) is 0 Å². The van der Waals surface area contributed by atoms with Gasteiger partial charge in [-0.05, 0) is 66.6 Å². The second-order valence-electron chi connectivity index (χ2n) is 7.12. The number of aliphatic hydroxyl groups excluding tert-OH is 1. The van der Waals surface area contributed by atoms with E-state index < -0.39 is 50.7 Å². The average Bonchev–Trinajstić information content (AvgIpc) is 2.76. The molecule has 1 N–H and O–H groups in total. The topological polar surface area (TPSA) is 87.6 Å². The third kappa shape index (κ3) is 4.51. The molecule has 1 unspecified atom stereocenters. The zero-order chi connectivity index (χ0) is 23.6. The van der Waals surface area contributed by atoms with Crippen LogP contribution in [0.1, 0.15) is 32.4 Å². The molecule has 0 saturated heterocycles. The van der Waals surface area contributed by atoms with Gasteiger partial charge in [0.15, 0.2) is 9.84 Å². The Bertz CT molecular complexity index is 1260. The normalized spacial score (nSPS) is 12.4. The van der Waals surface area contributed by atoms with E-state index in [0.29, 0.717) is 0 Å². The maximum atomic E-state index is 14.7. The third-order valence-corrected chi connectivity index (χ3v) is 6.96. The highest BCUT2D eigenvalue weighted by Crippen LogP contribution is 2.38. The van der Waals surface area contributed by atoms with Crippen LogP contribution in [-0.4, -0.2) is 43.1 Å². The smallest absolute Gasteiger partial charge is 0.274 e. The van der Waals surface area contributed by atoms with Gasteiger partial charge in [0.25, 0.3) is 5.91 Å². The van der Waals surface area contributed by atoms with Gasteiger partial charge in [0.1, 0.15) is 35.1 Å². The van der Waals surface area contributed by atoms with Crippen molar-refractivity contribution in [1.82, 2.24) is 9.88 Å². The fourth-order valence-corrected chi connectivity index (χ4v) is 5.08. The summed E-state index contributed by atoms with van der Waals surface area (Å²) < 4.78 is 69.0. The minimum atomic E-state index is -4.39. The molecule has 1 atom stereocenters. The number of hydrogen-bond acceptors (Lipinski definition) is 5. The Balaban J connectivity index is 2.23. The van der Waals surface area contributed by atoms with Crippen molar-refractivity contribution >= 4 is 15.7 Å². The highest BCUT2D eigenvalue weighted by atomic mass is 32.2. The zero-order valence-corrected chi connectivity index (χ0v) is 17.9. The molecule has 6 nitrogen and oxygen atoms in total. The Hall–Kier alpha value is -3.24. The molecule has 0 radical (unpaired) electrons. The molecule has 1 heterocycles. The number of amides is 1. The van der Waals surface area contributed by atoms with E-state index in [1.54, 1.807) is 0 Å². The summed E-state index contributed by atoms with van der Waals surface area (Å²) in [7, 11) is -3.04. The van der Waals surface area contributed by atoms with Gasteiger partial charge in [-0.25, -0.2) is 21.6 Å². The van der Waals surface area contributed by atoms with Gasteiger partial charge in [-0.15, -0.1) is 0 Å². The molecular weight excluding hydrogens is 445 g/mol. The van der Waals surface area contributed by atoms with Gasteiger partial charge in [0.05, 0.1) is 4.90 Å². The number of aromatic nitrogens is 1. The highest BCUT2D eigenvalue weighted by molar-refractivity contribution is 7.92. The van der Waals surface area contributed by atoms with Gasteiger partial charge in [-0.3, -0.25) is 9.78 Å². The lowest BCUT2D eigenvalue weighted by atomic mass is 10.0. The van der Waals surface area contributed by atoms with Crippen molar-refractivity contribution in [3.05, 3.63) is 94.6 Å². The van der Waals surface area contributed by atoms with Crippen LogP contribution in [0.3, 0.4) is 0 Å². The number of aliphatic hydroxyl groups is 1. The minimum absolute atomic E-state index is 0.0158. The maximum Gasteiger partial charge on any atom is 0.274 e. The maximum absolute atomic E-state index is 14.7. The molecular formula is C22H19F3N2O4S. The SMILES string of the molecule is Cc1cc(C(=O)N(C)CO)ncc1C(c1cc(F)ccc1F)S(=O)(=O)c1ccc(F)cc1. The molecule has 0 aliphatic carbocycles. The second kappa shape index (κ2) is 9.09. The lowest BCUT2D eigenvalue weighted by Gasteiger charge is -2.22. The van der Waals surface area contributed by atoms with Crippen molar-refractivity contribution < 1.29 is 31.5 Å². The Kier molecular flexibility index (Phi) is 6.65. The van der Waals surface area contributed by atoms with E-state index in [9.17, 15) is 26.4 Å².